The molecule has 2 rings (SSSR count). The number of carbonyl (C=O) groups excluding carboxylic acids is 1. The van der Waals surface area contributed by atoms with Crippen LogP contribution in [0.1, 0.15) is 38.5 Å². The van der Waals surface area contributed by atoms with E-state index in [9.17, 15) is 9.90 Å². The summed E-state index contributed by atoms with van der Waals surface area (Å²) < 4.78 is 4.81. The Labute approximate surface area is 103 Å². The summed E-state index contributed by atoms with van der Waals surface area (Å²) in [6, 6.07) is 0. The molecule has 0 radical (unpaired) electrons. The molecule has 1 aliphatic carbocycles. The van der Waals surface area contributed by atoms with E-state index in [0.717, 1.165) is 58.2 Å². The van der Waals surface area contributed by atoms with Gasteiger partial charge in [0.15, 0.2) is 0 Å². The van der Waals surface area contributed by atoms with Crippen LogP contribution < -0.4 is 0 Å². The lowest BCUT2D eigenvalue weighted by Crippen LogP contribution is -2.47. The van der Waals surface area contributed by atoms with Crippen molar-refractivity contribution in [2.45, 2.75) is 44.1 Å². The standard InChI is InChI=1S/C13H23NO3/c1-17-12(15)11-5-4-8-14(9-11)10-13(16)6-2-3-7-13/h11,16H,2-10H2,1H3/t11-/m0/s1. The molecular formula is C13H23NO3. The fraction of sp³-hybridized carbons (Fsp3) is 0.923. The van der Waals surface area contributed by atoms with Crippen LogP contribution in [0.2, 0.25) is 0 Å². The first-order valence-corrected chi connectivity index (χ1v) is 6.65. The van der Waals surface area contributed by atoms with Crippen molar-refractivity contribution in [2.75, 3.05) is 26.7 Å². The molecule has 17 heavy (non-hydrogen) atoms. The zero-order valence-corrected chi connectivity index (χ0v) is 10.7. The molecule has 0 amide bonds. The number of likely N-dealkylation sites (tertiary alicyclic amines) is 1. The first-order valence-electron chi connectivity index (χ1n) is 6.65. The van der Waals surface area contributed by atoms with Gasteiger partial charge in [-0.1, -0.05) is 12.8 Å². The Morgan fingerprint density at radius 3 is 2.76 bits per heavy atom. The number of esters is 1. The van der Waals surface area contributed by atoms with Gasteiger partial charge in [0.1, 0.15) is 0 Å². The van der Waals surface area contributed by atoms with Gasteiger partial charge in [0, 0.05) is 13.1 Å². The second-order valence-corrected chi connectivity index (χ2v) is 5.53. The quantitative estimate of drug-likeness (QED) is 0.754. The van der Waals surface area contributed by atoms with E-state index in [0.29, 0.717) is 0 Å². The van der Waals surface area contributed by atoms with Gasteiger partial charge < -0.3 is 9.84 Å². The van der Waals surface area contributed by atoms with Crippen molar-refractivity contribution in [3.05, 3.63) is 0 Å². The molecule has 0 bridgehead atoms. The van der Waals surface area contributed by atoms with E-state index in [1.807, 2.05) is 0 Å². The molecule has 1 N–H and O–H groups in total. The topological polar surface area (TPSA) is 49.8 Å². The minimum Gasteiger partial charge on any atom is -0.469 e. The number of β-amino-alcohol motifs (C(OH)–C–C–N with tert-alkyl or cyclic N) is 1. The van der Waals surface area contributed by atoms with E-state index in [4.69, 9.17) is 4.74 Å². The highest BCUT2D eigenvalue weighted by molar-refractivity contribution is 5.72. The summed E-state index contributed by atoms with van der Waals surface area (Å²) in [6.45, 7) is 2.46. The lowest BCUT2D eigenvalue weighted by Gasteiger charge is -2.36. The number of nitrogens with zero attached hydrogens (tertiary/aromatic N) is 1. The maximum atomic E-state index is 11.5. The molecule has 1 saturated heterocycles. The predicted octanol–water partition coefficient (Wildman–Crippen LogP) is 1.18. The minimum absolute atomic E-state index is 0.00115. The molecule has 2 aliphatic rings. The predicted molar refractivity (Wildman–Crippen MR) is 64.6 cm³/mol. The molecule has 1 atom stereocenters. The second kappa shape index (κ2) is 5.36. The van der Waals surface area contributed by atoms with E-state index in [2.05, 4.69) is 4.90 Å². The number of carbonyl (C=O) groups is 1. The largest absolute Gasteiger partial charge is 0.469 e. The summed E-state index contributed by atoms with van der Waals surface area (Å²) in [5, 5.41) is 10.4. The van der Waals surface area contributed by atoms with Crippen LogP contribution in [-0.4, -0.2) is 48.3 Å². The molecular weight excluding hydrogens is 218 g/mol. The molecule has 1 heterocycles. The van der Waals surface area contributed by atoms with Crippen molar-refractivity contribution in [3.63, 3.8) is 0 Å². The lowest BCUT2D eigenvalue weighted by molar-refractivity contribution is -0.147. The van der Waals surface area contributed by atoms with Crippen LogP contribution in [0, 0.1) is 5.92 Å². The molecule has 4 heteroatoms. The maximum Gasteiger partial charge on any atom is 0.309 e. The Hall–Kier alpha value is -0.610. The smallest absolute Gasteiger partial charge is 0.309 e. The highest BCUT2D eigenvalue weighted by atomic mass is 16.5. The zero-order valence-electron chi connectivity index (χ0n) is 10.7. The van der Waals surface area contributed by atoms with Crippen molar-refractivity contribution < 1.29 is 14.6 Å². The van der Waals surface area contributed by atoms with E-state index < -0.39 is 5.60 Å². The highest BCUT2D eigenvalue weighted by Crippen LogP contribution is 2.31. The van der Waals surface area contributed by atoms with Gasteiger partial charge in [-0.2, -0.15) is 0 Å². The Morgan fingerprint density at radius 1 is 1.41 bits per heavy atom. The third-order valence-corrected chi connectivity index (χ3v) is 4.09. The molecule has 98 valence electrons. The van der Waals surface area contributed by atoms with Crippen molar-refractivity contribution >= 4 is 5.97 Å². The van der Waals surface area contributed by atoms with Gasteiger partial charge in [0.25, 0.3) is 0 Å². The summed E-state index contributed by atoms with van der Waals surface area (Å²) >= 11 is 0. The fourth-order valence-corrected chi connectivity index (χ4v) is 3.17. The Bertz CT molecular complexity index is 274. The summed E-state index contributed by atoms with van der Waals surface area (Å²) in [4.78, 5) is 13.8. The zero-order chi connectivity index (χ0) is 12.3. The maximum absolute atomic E-state index is 11.5. The summed E-state index contributed by atoms with van der Waals surface area (Å²) in [5.41, 5.74) is -0.502. The molecule has 1 aliphatic heterocycles. The fourth-order valence-electron chi connectivity index (χ4n) is 3.17. The summed E-state index contributed by atoms with van der Waals surface area (Å²) in [5.74, 6) is -0.105. The first kappa shape index (κ1) is 12.8. The average molecular weight is 241 g/mol. The molecule has 0 spiro atoms. The molecule has 2 fully saturated rings. The van der Waals surface area contributed by atoms with Gasteiger partial charge in [-0.3, -0.25) is 9.69 Å². The molecule has 0 aromatic heterocycles. The van der Waals surface area contributed by atoms with Crippen molar-refractivity contribution in [1.82, 2.24) is 4.90 Å². The van der Waals surface area contributed by atoms with Crippen LogP contribution in [0.5, 0.6) is 0 Å². The van der Waals surface area contributed by atoms with E-state index in [1.54, 1.807) is 0 Å². The third kappa shape index (κ3) is 3.19. The van der Waals surface area contributed by atoms with E-state index >= 15 is 0 Å². The number of methoxy groups -OCH3 is 1. The highest BCUT2D eigenvalue weighted by Gasteiger charge is 2.35. The molecule has 0 unspecified atom stereocenters. The SMILES string of the molecule is COC(=O)[C@H]1CCCN(CC2(O)CCCC2)C1. The van der Waals surface area contributed by atoms with Crippen LogP contribution in [0.25, 0.3) is 0 Å². The van der Waals surface area contributed by atoms with Crippen molar-refractivity contribution in [2.24, 2.45) is 5.92 Å². The van der Waals surface area contributed by atoms with E-state index in [1.165, 1.54) is 7.11 Å². The van der Waals surface area contributed by atoms with Gasteiger partial charge in [-0.25, -0.2) is 0 Å². The number of rotatable bonds is 3. The number of hydrogen-bond acceptors (Lipinski definition) is 4. The van der Waals surface area contributed by atoms with Crippen LogP contribution in [0.15, 0.2) is 0 Å². The van der Waals surface area contributed by atoms with Gasteiger partial charge in [-0.05, 0) is 32.2 Å². The summed E-state index contributed by atoms with van der Waals surface area (Å²) in [6.07, 6.45) is 6.02. The normalized spacial score (nSPS) is 29.2. The first-order chi connectivity index (χ1) is 8.13. The van der Waals surface area contributed by atoms with Gasteiger partial charge in [-0.15, -0.1) is 0 Å². The van der Waals surface area contributed by atoms with E-state index in [-0.39, 0.29) is 11.9 Å². The van der Waals surface area contributed by atoms with Crippen LogP contribution >= 0.6 is 0 Å². The van der Waals surface area contributed by atoms with Crippen molar-refractivity contribution in [1.29, 1.82) is 0 Å². The molecule has 1 saturated carbocycles. The molecule has 4 nitrogen and oxygen atoms in total. The van der Waals surface area contributed by atoms with Gasteiger partial charge >= 0.3 is 5.97 Å². The average Bonchev–Trinajstić information content (AvgIpc) is 2.75. The third-order valence-electron chi connectivity index (χ3n) is 4.09. The molecule has 0 aromatic rings. The van der Waals surface area contributed by atoms with Crippen LogP contribution in [0.3, 0.4) is 0 Å². The monoisotopic (exact) mass is 241 g/mol. The number of hydrogen-bond donors (Lipinski definition) is 1. The number of aliphatic hydroxyl groups is 1. The number of ether oxygens (including phenoxy) is 1. The van der Waals surface area contributed by atoms with Crippen LogP contribution in [0.4, 0.5) is 0 Å². The Morgan fingerprint density at radius 2 is 2.12 bits per heavy atom. The van der Waals surface area contributed by atoms with Gasteiger partial charge in [0.05, 0.1) is 18.6 Å². The second-order valence-electron chi connectivity index (χ2n) is 5.53. The summed E-state index contributed by atoms with van der Waals surface area (Å²) in [7, 11) is 1.45. The van der Waals surface area contributed by atoms with Crippen molar-refractivity contribution in [3.8, 4) is 0 Å². The Kier molecular flexibility index (Phi) is 4.05. The Balaban J connectivity index is 1.86. The minimum atomic E-state index is -0.502. The van der Waals surface area contributed by atoms with Crippen LogP contribution in [-0.2, 0) is 9.53 Å². The van der Waals surface area contributed by atoms with Gasteiger partial charge in [0.2, 0.25) is 0 Å². The molecule has 0 aromatic carbocycles. The number of piperidine rings is 1. The lowest BCUT2D eigenvalue weighted by atomic mass is 9.95.